The number of anilines is 1. The van der Waals surface area contributed by atoms with Gasteiger partial charge in [0.05, 0.1) is 12.2 Å². The fraction of sp³-hybridized carbons (Fsp3) is 0.389. The molecule has 0 aliphatic carbocycles. The van der Waals surface area contributed by atoms with Crippen LogP contribution < -0.4 is 15.4 Å². The van der Waals surface area contributed by atoms with Crippen molar-refractivity contribution in [2.24, 2.45) is 0 Å². The van der Waals surface area contributed by atoms with Gasteiger partial charge in [-0.3, -0.25) is 14.4 Å². The van der Waals surface area contributed by atoms with Crippen molar-refractivity contribution in [3.8, 4) is 5.75 Å². The zero-order chi connectivity index (χ0) is 19.9. The van der Waals surface area contributed by atoms with E-state index in [-0.39, 0.29) is 36.7 Å². The molecule has 148 valence electrons. The molecule has 1 aliphatic rings. The van der Waals surface area contributed by atoms with Crippen molar-refractivity contribution in [3.05, 3.63) is 36.0 Å². The third-order valence-electron chi connectivity index (χ3n) is 4.08. The first-order valence-corrected chi connectivity index (χ1v) is 8.91. The Kier molecular flexibility index (Phi) is 6.20. The van der Waals surface area contributed by atoms with E-state index in [1.54, 1.807) is 29.2 Å². The van der Waals surface area contributed by atoms with Crippen LogP contribution >= 0.6 is 0 Å². The molecule has 1 aromatic heterocycles. The van der Waals surface area contributed by atoms with Gasteiger partial charge >= 0.3 is 11.8 Å². The number of nitrogens with zero attached hydrogens (tertiary/aromatic N) is 3. The number of hydrogen-bond donors (Lipinski definition) is 2. The Morgan fingerprint density at radius 1 is 1.21 bits per heavy atom. The second kappa shape index (κ2) is 8.98. The summed E-state index contributed by atoms with van der Waals surface area (Å²) in [6.45, 7) is 2.67. The van der Waals surface area contributed by atoms with Gasteiger partial charge < -0.3 is 24.8 Å². The molecule has 10 heteroatoms. The number of rotatable bonds is 7. The number of likely N-dealkylation sites (tertiary alicyclic amines) is 1. The van der Waals surface area contributed by atoms with Crippen LogP contribution in [0, 0.1) is 0 Å². The minimum Gasteiger partial charge on any atom is -0.483 e. The zero-order valence-electron chi connectivity index (χ0n) is 15.4. The number of amides is 3. The number of para-hydroxylation sites is 2. The molecular weight excluding hydrogens is 366 g/mol. The molecule has 28 heavy (non-hydrogen) atoms. The smallest absolute Gasteiger partial charge is 0.316 e. The van der Waals surface area contributed by atoms with Crippen molar-refractivity contribution in [1.29, 1.82) is 0 Å². The highest BCUT2D eigenvalue weighted by Crippen LogP contribution is 2.24. The molecule has 0 unspecified atom stereocenters. The van der Waals surface area contributed by atoms with E-state index in [2.05, 4.69) is 20.8 Å². The molecule has 0 atom stereocenters. The van der Waals surface area contributed by atoms with Gasteiger partial charge in [-0.2, -0.15) is 4.98 Å². The van der Waals surface area contributed by atoms with Crippen molar-refractivity contribution in [3.63, 3.8) is 0 Å². The molecule has 0 spiro atoms. The van der Waals surface area contributed by atoms with Crippen molar-refractivity contribution in [2.45, 2.75) is 26.4 Å². The number of ether oxygens (including phenoxy) is 1. The number of hydrogen-bond acceptors (Lipinski definition) is 7. The molecule has 1 aliphatic heterocycles. The summed E-state index contributed by atoms with van der Waals surface area (Å²) in [4.78, 5) is 40.9. The quantitative estimate of drug-likeness (QED) is 0.724. The first-order valence-electron chi connectivity index (χ1n) is 8.91. The normalized spacial score (nSPS) is 13.2. The van der Waals surface area contributed by atoms with Crippen LogP contribution in [0.1, 0.15) is 36.3 Å². The van der Waals surface area contributed by atoms with E-state index in [0.29, 0.717) is 11.4 Å². The molecule has 0 saturated carbocycles. The number of nitrogens with one attached hydrogen (secondary N) is 2. The van der Waals surface area contributed by atoms with Crippen LogP contribution in [0.2, 0.25) is 0 Å². The highest BCUT2D eigenvalue weighted by molar-refractivity contribution is 5.92. The average molecular weight is 387 g/mol. The largest absolute Gasteiger partial charge is 0.483 e. The summed E-state index contributed by atoms with van der Waals surface area (Å²) in [5.74, 6) is -0.632. The highest BCUT2D eigenvalue weighted by atomic mass is 16.5. The molecular formula is C18H21N5O5. The van der Waals surface area contributed by atoms with Crippen LogP contribution in [0.15, 0.2) is 28.8 Å². The lowest BCUT2D eigenvalue weighted by atomic mass is 10.3. The summed E-state index contributed by atoms with van der Waals surface area (Å²) in [5.41, 5.74) is 0.511. The van der Waals surface area contributed by atoms with Gasteiger partial charge in [0, 0.05) is 20.0 Å². The third kappa shape index (κ3) is 5.06. The molecule has 1 saturated heterocycles. The van der Waals surface area contributed by atoms with Gasteiger partial charge in [-0.1, -0.05) is 17.3 Å². The number of benzene rings is 1. The zero-order valence-corrected chi connectivity index (χ0v) is 15.4. The maximum atomic E-state index is 12.1. The van der Waals surface area contributed by atoms with Crippen molar-refractivity contribution >= 4 is 23.4 Å². The second-order valence-electron chi connectivity index (χ2n) is 6.25. The van der Waals surface area contributed by atoms with E-state index in [1.807, 2.05) is 0 Å². The summed E-state index contributed by atoms with van der Waals surface area (Å²) < 4.78 is 10.5. The Labute approximate surface area is 161 Å². The van der Waals surface area contributed by atoms with Crippen LogP contribution in [0.25, 0.3) is 0 Å². The lowest BCUT2D eigenvalue weighted by Gasteiger charge is -2.14. The summed E-state index contributed by atoms with van der Waals surface area (Å²) in [6, 6.07) is 6.90. The average Bonchev–Trinajstić information content (AvgIpc) is 3.36. The molecule has 2 heterocycles. The Morgan fingerprint density at radius 3 is 2.71 bits per heavy atom. The predicted octanol–water partition coefficient (Wildman–Crippen LogP) is 0.959. The maximum Gasteiger partial charge on any atom is 0.316 e. The van der Waals surface area contributed by atoms with Gasteiger partial charge in [-0.05, 0) is 25.0 Å². The van der Waals surface area contributed by atoms with Crippen molar-refractivity contribution in [1.82, 2.24) is 20.4 Å². The van der Waals surface area contributed by atoms with E-state index >= 15 is 0 Å². The van der Waals surface area contributed by atoms with E-state index < -0.39 is 5.91 Å². The topological polar surface area (TPSA) is 127 Å². The summed E-state index contributed by atoms with van der Waals surface area (Å²) >= 11 is 0. The molecule has 3 amide bonds. The minimum absolute atomic E-state index is 0.0555. The molecule has 3 rings (SSSR count). The maximum absolute atomic E-state index is 12.1. The number of carbonyl (C=O) groups is 3. The standard InChI is InChI=1S/C18H21N5O5/c1-12(24)20-13-6-2-3-7-14(13)27-11-15-21-18(28-22-15)17(26)19-10-16(25)23-8-4-5-9-23/h2-3,6-7H,4-5,8-11H2,1H3,(H,19,26)(H,20,24). The summed E-state index contributed by atoms with van der Waals surface area (Å²) in [7, 11) is 0. The van der Waals surface area contributed by atoms with Crippen LogP contribution in [-0.4, -0.2) is 52.4 Å². The molecule has 1 aromatic carbocycles. The van der Waals surface area contributed by atoms with Crippen molar-refractivity contribution < 1.29 is 23.6 Å². The van der Waals surface area contributed by atoms with Crippen LogP contribution in [0.5, 0.6) is 5.75 Å². The highest BCUT2D eigenvalue weighted by Gasteiger charge is 2.21. The van der Waals surface area contributed by atoms with Gasteiger partial charge in [0.1, 0.15) is 5.75 Å². The van der Waals surface area contributed by atoms with E-state index in [4.69, 9.17) is 9.26 Å². The molecule has 10 nitrogen and oxygen atoms in total. The number of aromatic nitrogens is 2. The number of carbonyl (C=O) groups excluding carboxylic acids is 3. The van der Waals surface area contributed by atoms with Crippen LogP contribution in [-0.2, 0) is 16.2 Å². The molecule has 0 bridgehead atoms. The van der Waals surface area contributed by atoms with Gasteiger partial charge in [-0.25, -0.2) is 0 Å². The summed E-state index contributed by atoms with van der Waals surface area (Å²) in [5, 5.41) is 8.83. The van der Waals surface area contributed by atoms with Crippen LogP contribution in [0.4, 0.5) is 5.69 Å². The Bertz CT molecular complexity index is 860. The monoisotopic (exact) mass is 387 g/mol. The lowest BCUT2D eigenvalue weighted by molar-refractivity contribution is -0.129. The first kappa shape index (κ1) is 19.3. The van der Waals surface area contributed by atoms with Crippen molar-refractivity contribution in [2.75, 3.05) is 25.0 Å². The first-order chi connectivity index (χ1) is 13.5. The Hall–Kier alpha value is -3.43. The third-order valence-corrected chi connectivity index (χ3v) is 4.08. The van der Waals surface area contributed by atoms with Gasteiger partial charge in [0.2, 0.25) is 17.6 Å². The predicted molar refractivity (Wildman–Crippen MR) is 97.5 cm³/mol. The van der Waals surface area contributed by atoms with E-state index in [0.717, 1.165) is 25.9 Å². The SMILES string of the molecule is CC(=O)Nc1ccccc1OCc1noc(C(=O)NCC(=O)N2CCCC2)n1. The van der Waals surface area contributed by atoms with Gasteiger partial charge in [-0.15, -0.1) is 0 Å². The van der Waals surface area contributed by atoms with E-state index in [9.17, 15) is 14.4 Å². The fourth-order valence-electron chi connectivity index (χ4n) is 2.74. The summed E-state index contributed by atoms with van der Waals surface area (Å²) in [6.07, 6.45) is 1.97. The minimum atomic E-state index is -0.620. The molecule has 2 N–H and O–H groups in total. The van der Waals surface area contributed by atoms with E-state index in [1.165, 1.54) is 6.92 Å². The molecule has 0 radical (unpaired) electrons. The second-order valence-corrected chi connectivity index (χ2v) is 6.25. The Balaban J connectivity index is 1.52. The van der Waals surface area contributed by atoms with Gasteiger partial charge in [0.15, 0.2) is 6.61 Å². The van der Waals surface area contributed by atoms with Gasteiger partial charge in [0.25, 0.3) is 0 Å². The van der Waals surface area contributed by atoms with Crippen LogP contribution in [0.3, 0.4) is 0 Å². The Morgan fingerprint density at radius 2 is 1.96 bits per heavy atom. The fourth-order valence-corrected chi connectivity index (χ4v) is 2.74. The lowest BCUT2D eigenvalue weighted by Crippen LogP contribution is -2.38. The molecule has 1 fully saturated rings. The molecule has 2 aromatic rings.